The third-order valence-corrected chi connectivity index (χ3v) is 11.0. The molecule has 0 amide bonds. The maximum absolute atomic E-state index is 13.3. The molecule has 18 atom stereocenters. The molecule has 17 nitrogen and oxygen atoms in total. The molecule has 0 radical (unpaired) electrons. The van der Waals surface area contributed by atoms with E-state index in [0.717, 1.165) is 0 Å². The summed E-state index contributed by atoms with van der Waals surface area (Å²) in [6.07, 6.45) is -8.25. The topological polar surface area (TPSA) is 219 Å². The summed E-state index contributed by atoms with van der Waals surface area (Å²) >= 11 is 0. The van der Waals surface area contributed by atoms with E-state index in [0.29, 0.717) is 12.7 Å². The number of carbonyl (C=O) groups excluding carboxylic acids is 4. The van der Waals surface area contributed by atoms with Crippen LogP contribution in [0.5, 0.6) is 0 Å². The van der Waals surface area contributed by atoms with Crippen LogP contribution in [0.4, 0.5) is 0 Å². The molecule has 0 aliphatic carbocycles. The highest BCUT2D eigenvalue weighted by Gasteiger charge is 2.53. The third-order valence-electron chi connectivity index (χ3n) is 11.0. The number of ether oxygens (including phenoxy) is 9. The molecule has 0 aromatic rings. The van der Waals surface area contributed by atoms with Crippen molar-refractivity contribution in [2.24, 2.45) is 11.8 Å². The number of hydrogen-bond acceptors (Lipinski definition) is 17. The lowest BCUT2D eigenvalue weighted by atomic mass is 9.82. The summed E-state index contributed by atoms with van der Waals surface area (Å²) in [4.78, 5) is 51.5. The maximum Gasteiger partial charge on any atom is 0.309 e. The lowest BCUT2D eigenvalue weighted by Gasteiger charge is -2.50. The Morgan fingerprint density at radius 2 is 1.62 bits per heavy atom. The maximum atomic E-state index is 13.3. The average Bonchev–Trinajstić information content (AvgIpc) is 3.82. The summed E-state index contributed by atoms with van der Waals surface area (Å²) < 4.78 is 53.8. The number of fused-ring (bicyclic) bond motifs is 1. The van der Waals surface area contributed by atoms with Gasteiger partial charge in [-0.1, -0.05) is 19.1 Å². The van der Waals surface area contributed by atoms with Gasteiger partial charge >= 0.3 is 17.9 Å². The van der Waals surface area contributed by atoms with Crippen molar-refractivity contribution >= 4 is 24.2 Å². The largest absolute Gasteiger partial charge is 0.462 e. The number of rotatable bonds is 10. The van der Waals surface area contributed by atoms with Crippen LogP contribution in [-0.2, 0) is 61.8 Å². The Kier molecular flexibility index (Phi) is 16.4. The zero-order valence-corrected chi connectivity index (χ0v) is 34.2. The molecule has 4 aliphatic rings. The standard InChI is InChI=1S/C39H63NO16/c1-19-15-25(13-14-41)35(36(48-10)29(52-23(5)42)17-30(45)49-20(2)16-28-27(54-28)12-11-26(19)44)56-38-33(46)32(40(8)9)34(21(3)51-38)55-31-18-39(7,47)37(22(4)50-31)53-24(6)43/h11-12,14,19-22,25-29,31-38,44,46-47H,13,15-18H2,1-10H3/b12-11+/t19-,20-,21-,22+,25+,26+,27+,28+,29-,31+,32-,33-,34-,35+,36?,37+,38+,39-/m1/s1. The van der Waals surface area contributed by atoms with Gasteiger partial charge in [0.2, 0.25) is 0 Å². The van der Waals surface area contributed by atoms with Gasteiger partial charge in [-0.05, 0) is 60.0 Å². The molecule has 0 aromatic carbocycles. The van der Waals surface area contributed by atoms with Gasteiger partial charge in [0.25, 0.3) is 0 Å². The molecule has 3 fully saturated rings. The molecule has 320 valence electrons. The normalized spacial score (nSPS) is 44.5. The summed E-state index contributed by atoms with van der Waals surface area (Å²) in [5, 5.41) is 34.4. The molecule has 4 aliphatic heterocycles. The van der Waals surface area contributed by atoms with Crippen LogP contribution in [0.2, 0.25) is 0 Å². The van der Waals surface area contributed by atoms with E-state index in [4.69, 9.17) is 42.6 Å². The fourth-order valence-corrected chi connectivity index (χ4v) is 8.27. The number of esters is 3. The molecule has 0 bridgehead atoms. The Balaban J connectivity index is 1.66. The number of nitrogens with zero attached hydrogens (tertiary/aromatic N) is 1. The fourth-order valence-electron chi connectivity index (χ4n) is 8.27. The number of aliphatic hydroxyl groups excluding tert-OH is 2. The van der Waals surface area contributed by atoms with Crippen LogP contribution >= 0.6 is 0 Å². The second-order valence-electron chi connectivity index (χ2n) is 16.2. The number of methoxy groups -OCH3 is 1. The molecule has 0 aromatic heterocycles. The van der Waals surface area contributed by atoms with Crippen molar-refractivity contribution in [2.75, 3.05) is 21.2 Å². The monoisotopic (exact) mass is 801 g/mol. The van der Waals surface area contributed by atoms with Crippen molar-refractivity contribution < 1.29 is 77.1 Å². The van der Waals surface area contributed by atoms with E-state index in [-0.39, 0.29) is 31.5 Å². The van der Waals surface area contributed by atoms with Crippen molar-refractivity contribution in [2.45, 2.75) is 178 Å². The molecule has 1 unspecified atom stereocenters. The van der Waals surface area contributed by atoms with E-state index in [1.54, 1.807) is 51.9 Å². The van der Waals surface area contributed by atoms with Crippen LogP contribution in [0.3, 0.4) is 0 Å². The van der Waals surface area contributed by atoms with Crippen LogP contribution in [0, 0.1) is 11.8 Å². The van der Waals surface area contributed by atoms with Gasteiger partial charge in [-0.3, -0.25) is 14.4 Å². The van der Waals surface area contributed by atoms with Crippen LogP contribution in [0.15, 0.2) is 12.2 Å². The zero-order valence-electron chi connectivity index (χ0n) is 34.2. The number of cyclic esters (lactones) is 1. The molecule has 3 N–H and O–H groups in total. The predicted molar refractivity (Wildman–Crippen MR) is 196 cm³/mol. The van der Waals surface area contributed by atoms with Crippen molar-refractivity contribution in [3.05, 3.63) is 12.2 Å². The first-order chi connectivity index (χ1) is 26.3. The minimum Gasteiger partial charge on any atom is -0.462 e. The second kappa shape index (κ2) is 19.9. The van der Waals surface area contributed by atoms with Crippen molar-refractivity contribution in [1.82, 2.24) is 4.90 Å². The lowest BCUT2D eigenvalue weighted by molar-refractivity contribution is -0.344. The van der Waals surface area contributed by atoms with E-state index in [1.165, 1.54) is 27.9 Å². The Morgan fingerprint density at radius 3 is 2.21 bits per heavy atom. The van der Waals surface area contributed by atoms with Gasteiger partial charge in [0, 0.05) is 40.2 Å². The van der Waals surface area contributed by atoms with E-state index in [9.17, 15) is 34.5 Å². The van der Waals surface area contributed by atoms with Crippen LogP contribution in [-0.4, -0.2) is 163 Å². The number of carbonyl (C=O) groups is 4. The average molecular weight is 802 g/mol. The molecule has 4 rings (SSSR count). The van der Waals surface area contributed by atoms with Crippen molar-refractivity contribution in [1.29, 1.82) is 0 Å². The van der Waals surface area contributed by atoms with Crippen LogP contribution in [0.25, 0.3) is 0 Å². The Labute approximate surface area is 329 Å². The highest BCUT2D eigenvalue weighted by molar-refractivity contribution is 5.72. The van der Waals surface area contributed by atoms with E-state index in [2.05, 4.69) is 0 Å². The number of likely N-dealkylation sites (N-methyl/N-ethyl adjacent to an activating group) is 1. The highest BCUT2D eigenvalue weighted by Crippen LogP contribution is 2.38. The summed E-state index contributed by atoms with van der Waals surface area (Å²) in [5.74, 6) is -3.04. The summed E-state index contributed by atoms with van der Waals surface area (Å²) in [7, 11) is 4.84. The number of hydrogen-bond donors (Lipinski definition) is 3. The summed E-state index contributed by atoms with van der Waals surface area (Å²) in [5.41, 5.74) is -1.49. The van der Waals surface area contributed by atoms with Gasteiger partial charge in [-0.25, -0.2) is 0 Å². The quantitative estimate of drug-likeness (QED) is 0.0929. The second-order valence-corrected chi connectivity index (χ2v) is 16.2. The first kappa shape index (κ1) is 46.1. The Morgan fingerprint density at radius 1 is 0.946 bits per heavy atom. The first-order valence-corrected chi connectivity index (χ1v) is 19.5. The van der Waals surface area contributed by atoms with Crippen LogP contribution in [0.1, 0.15) is 80.6 Å². The lowest BCUT2D eigenvalue weighted by Crippen LogP contribution is -2.66. The fraction of sp³-hybridized carbons (Fsp3) is 0.846. The van der Waals surface area contributed by atoms with Crippen molar-refractivity contribution in [3.63, 3.8) is 0 Å². The number of aldehydes is 1. The van der Waals surface area contributed by atoms with E-state index < -0.39 is 121 Å². The zero-order chi connectivity index (χ0) is 41.6. The van der Waals surface area contributed by atoms with Crippen LogP contribution < -0.4 is 0 Å². The molecule has 0 saturated carbocycles. The van der Waals surface area contributed by atoms with Gasteiger partial charge in [0.15, 0.2) is 18.7 Å². The Hall–Kier alpha value is -2.58. The minimum absolute atomic E-state index is 0.0497. The predicted octanol–water partition coefficient (Wildman–Crippen LogP) is 1.20. The van der Waals surface area contributed by atoms with Crippen molar-refractivity contribution in [3.8, 4) is 0 Å². The van der Waals surface area contributed by atoms with Gasteiger partial charge in [-0.2, -0.15) is 0 Å². The minimum atomic E-state index is -1.49. The van der Waals surface area contributed by atoms with E-state index in [1.807, 2.05) is 6.92 Å². The molecular formula is C39H63NO16. The summed E-state index contributed by atoms with van der Waals surface area (Å²) in [6.45, 7) is 10.9. The molecule has 0 spiro atoms. The molecule has 3 saturated heterocycles. The molecule has 17 heteroatoms. The highest BCUT2D eigenvalue weighted by atomic mass is 16.7. The SMILES string of the molecule is COC1[C@@H](O[C@@H]2O[C@H](C)[C@@H](O[C@H]3C[C@@](C)(O)[C@@H](OC(C)=O)[C@H](C)O3)[C@H](N(C)C)[C@H]2O)[C@@H](CC=O)C[C@@H](C)[C@@H](O)/C=C/[C@@H]2O[C@H]2C[C@@H](C)OC(=O)C[C@H]1OC(C)=O. The van der Waals surface area contributed by atoms with Gasteiger partial charge < -0.3 is 67.6 Å². The first-order valence-electron chi connectivity index (χ1n) is 19.5. The van der Waals surface area contributed by atoms with Gasteiger partial charge in [0.05, 0.1) is 43.0 Å². The van der Waals surface area contributed by atoms with Gasteiger partial charge in [-0.15, -0.1) is 0 Å². The number of epoxide rings is 1. The summed E-state index contributed by atoms with van der Waals surface area (Å²) in [6, 6.07) is -0.782. The molecule has 4 heterocycles. The molecular weight excluding hydrogens is 738 g/mol. The molecule has 56 heavy (non-hydrogen) atoms. The Bertz CT molecular complexity index is 1360. The van der Waals surface area contributed by atoms with E-state index >= 15 is 0 Å². The number of aliphatic hydroxyl groups is 3. The smallest absolute Gasteiger partial charge is 0.309 e. The third kappa shape index (κ3) is 12.0. The van der Waals surface area contributed by atoms with Gasteiger partial charge in [0.1, 0.15) is 48.5 Å².